The number of hydrogen-bond acceptors (Lipinski definition) is 7. The number of fused-ring (bicyclic) bond motifs is 1. The van der Waals surface area contributed by atoms with Crippen LogP contribution in [0.4, 0.5) is 0 Å². The van der Waals surface area contributed by atoms with E-state index in [9.17, 15) is 10.1 Å². The summed E-state index contributed by atoms with van der Waals surface area (Å²) in [7, 11) is 2.15. The molecule has 0 radical (unpaired) electrons. The number of carbonyl (C=O) groups excluding carboxylic acids is 1. The Labute approximate surface area is 224 Å². The number of amides is 1. The number of piperazine rings is 1. The van der Waals surface area contributed by atoms with E-state index < -0.39 is 12.0 Å². The van der Waals surface area contributed by atoms with Crippen LogP contribution in [0.25, 0.3) is 16.2 Å². The molecule has 190 valence electrons. The number of carbonyl (C=O) groups is 1. The number of ether oxygens (including phenoxy) is 1. The van der Waals surface area contributed by atoms with Crippen molar-refractivity contribution in [3.8, 4) is 22.4 Å². The van der Waals surface area contributed by atoms with Crippen molar-refractivity contribution < 1.29 is 9.53 Å². The summed E-state index contributed by atoms with van der Waals surface area (Å²) < 4.78 is 8.06. The Morgan fingerprint density at radius 1 is 1.24 bits per heavy atom. The normalized spacial score (nSPS) is 15.5. The number of nitrogens with zero attached hydrogens (tertiary/aromatic N) is 5. The molecule has 37 heavy (non-hydrogen) atoms. The number of benzene rings is 1. The number of nitriles is 1. The summed E-state index contributed by atoms with van der Waals surface area (Å²) in [4.78, 5) is 22.5. The van der Waals surface area contributed by atoms with Crippen LogP contribution in [-0.4, -0.2) is 58.3 Å². The highest BCUT2D eigenvalue weighted by Gasteiger charge is 2.22. The zero-order valence-corrected chi connectivity index (χ0v) is 22.2. The molecule has 4 heterocycles. The van der Waals surface area contributed by atoms with Crippen LogP contribution in [0, 0.1) is 11.3 Å². The van der Waals surface area contributed by atoms with E-state index in [0.29, 0.717) is 26.9 Å². The van der Waals surface area contributed by atoms with Gasteiger partial charge in [-0.1, -0.05) is 23.7 Å². The van der Waals surface area contributed by atoms with Gasteiger partial charge in [0.1, 0.15) is 28.4 Å². The molecule has 1 saturated heterocycles. The molecule has 4 aromatic rings. The first-order valence-electron chi connectivity index (χ1n) is 12.0. The van der Waals surface area contributed by atoms with Crippen molar-refractivity contribution in [2.75, 3.05) is 33.2 Å². The molecule has 0 bridgehead atoms. The highest BCUT2D eigenvalue weighted by molar-refractivity contribution is 7.17. The first-order valence-corrected chi connectivity index (χ1v) is 13.2. The Kier molecular flexibility index (Phi) is 7.17. The van der Waals surface area contributed by atoms with Gasteiger partial charge >= 0.3 is 0 Å². The Morgan fingerprint density at radius 2 is 2.03 bits per heavy atom. The molecule has 0 unspecified atom stereocenters. The molecule has 0 aliphatic carbocycles. The highest BCUT2D eigenvalue weighted by Crippen LogP contribution is 2.39. The van der Waals surface area contributed by atoms with Crippen molar-refractivity contribution in [1.29, 1.82) is 5.26 Å². The third-order valence-electron chi connectivity index (χ3n) is 6.62. The third-order valence-corrected chi connectivity index (χ3v) is 8.10. The summed E-state index contributed by atoms with van der Waals surface area (Å²) in [6.45, 7) is 6.96. The first-order chi connectivity index (χ1) is 17.8. The molecule has 3 aromatic heterocycles. The molecule has 10 heteroatoms. The average molecular weight is 535 g/mol. The molecular formula is C27H27ClN6O2S. The number of nitrogens with two attached hydrogens (primary N) is 1. The predicted octanol–water partition coefficient (Wildman–Crippen LogP) is 4.57. The molecule has 8 nitrogen and oxygen atoms in total. The Bertz CT molecular complexity index is 1500. The van der Waals surface area contributed by atoms with Gasteiger partial charge in [-0.25, -0.2) is 4.98 Å². The van der Waals surface area contributed by atoms with E-state index in [-0.39, 0.29) is 0 Å². The lowest BCUT2D eigenvalue weighted by molar-refractivity contribution is 0.0998. The number of aromatic nitrogens is 2. The van der Waals surface area contributed by atoms with Crippen LogP contribution in [0.2, 0.25) is 5.02 Å². The molecule has 1 aromatic carbocycles. The minimum Gasteiger partial charge on any atom is -0.484 e. The largest absolute Gasteiger partial charge is 0.484 e. The molecule has 1 aliphatic heterocycles. The second-order valence-electron chi connectivity index (χ2n) is 9.26. The molecule has 0 saturated carbocycles. The van der Waals surface area contributed by atoms with Crippen molar-refractivity contribution in [2.24, 2.45) is 5.73 Å². The zero-order chi connectivity index (χ0) is 26.1. The summed E-state index contributed by atoms with van der Waals surface area (Å²) in [5.41, 5.74) is 9.63. The fraction of sp³-hybridized carbons (Fsp3) is 0.296. The number of rotatable bonds is 7. The number of halogens is 1. The summed E-state index contributed by atoms with van der Waals surface area (Å²) >= 11 is 7.91. The lowest BCUT2D eigenvalue weighted by Gasteiger charge is -2.32. The number of primary amides is 1. The number of imidazole rings is 1. The number of pyridine rings is 1. The third kappa shape index (κ3) is 5.33. The van der Waals surface area contributed by atoms with Gasteiger partial charge in [-0.05, 0) is 37.7 Å². The number of thiophene rings is 1. The predicted molar refractivity (Wildman–Crippen MR) is 145 cm³/mol. The minimum absolute atomic E-state index is 0.316. The lowest BCUT2D eigenvalue weighted by Crippen LogP contribution is -2.43. The van der Waals surface area contributed by atoms with E-state index in [0.717, 1.165) is 54.4 Å². The second-order valence-corrected chi connectivity index (χ2v) is 10.7. The van der Waals surface area contributed by atoms with Crippen molar-refractivity contribution in [2.45, 2.75) is 19.6 Å². The molecule has 2 N–H and O–H groups in total. The summed E-state index contributed by atoms with van der Waals surface area (Å²) in [5.74, 6) is -0.178. The van der Waals surface area contributed by atoms with Gasteiger partial charge in [0.2, 0.25) is 0 Å². The van der Waals surface area contributed by atoms with E-state index >= 15 is 0 Å². The average Bonchev–Trinajstić information content (AvgIpc) is 3.49. The minimum atomic E-state index is -0.571. The second kappa shape index (κ2) is 10.5. The van der Waals surface area contributed by atoms with Crippen molar-refractivity contribution >= 4 is 34.5 Å². The van der Waals surface area contributed by atoms with Gasteiger partial charge in [0.05, 0.1) is 22.3 Å². The van der Waals surface area contributed by atoms with Gasteiger partial charge in [0.15, 0.2) is 0 Å². The standard InChI is InChI=1S/C27H27ClN6O2S/c1-17(20-5-3-18(11-21(20)28)15-33-9-7-32(2)8-10-33)36-23-12-24(37-26(23)27(30)35)22-14-31-25-6-4-19(13-29)16-34(22)25/h3-6,11-12,14,16-17H,7-10,15H2,1-2H3,(H2,30,35)/t17-/m1/s1. The molecule has 1 aliphatic rings. The summed E-state index contributed by atoms with van der Waals surface area (Å²) in [6, 6.07) is 13.5. The Balaban J connectivity index is 1.37. The van der Waals surface area contributed by atoms with Crippen LogP contribution < -0.4 is 10.5 Å². The van der Waals surface area contributed by atoms with Crippen molar-refractivity contribution in [3.05, 3.63) is 75.4 Å². The maximum atomic E-state index is 12.3. The first kappa shape index (κ1) is 25.2. The van der Waals surface area contributed by atoms with Gasteiger partial charge in [-0.15, -0.1) is 11.3 Å². The molecule has 0 spiro atoms. The SMILES string of the molecule is C[C@@H](Oc1cc(-c2cnc3ccc(C#N)cn23)sc1C(N)=O)c1ccc(CN2CCN(C)CC2)cc1Cl. The smallest absolute Gasteiger partial charge is 0.262 e. The van der Waals surface area contributed by atoms with Crippen molar-refractivity contribution in [1.82, 2.24) is 19.2 Å². The van der Waals surface area contributed by atoms with E-state index in [1.54, 1.807) is 30.6 Å². The van der Waals surface area contributed by atoms with Gasteiger partial charge in [0, 0.05) is 55.6 Å². The van der Waals surface area contributed by atoms with Crippen molar-refractivity contribution in [3.63, 3.8) is 0 Å². The van der Waals surface area contributed by atoms with Crippen LogP contribution in [0.3, 0.4) is 0 Å². The topological polar surface area (TPSA) is 99.9 Å². The summed E-state index contributed by atoms with van der Waals surface area (Å²) in [6.07, 6.45) is 3.02. The van der Waals surface area contributed by atoms with Crippen LogP contribution in [0.1, 0.15) is 39.4 Å². The van der Waals surface area contributed by atoms with Gasteiger partial charge in [-0.3, -0.25) is 14.1 Å². The molecule has 1 fully saturated rings. The van der Waals surface area contributed by atoms with E-state index in [1.165, 1.54) is 11.3 Å². The van der Waals surface area contributed by atoms with E-state index in [1.807, 2.05) is 23.5 Å². The lowest BCUT2D eigenvalue weighted by atomic mass is 10.1. The number of hydrogen-bond donors (Lipinski definition) is 1. The molecule has 1 amide bonds. The quantitative estimate of drug-likeness (QED) is 0.373. The summed E-state index contributed by atoms with van der Waals surface area (Å²) in [5, 5.41) is 9.90. The monoisotopic (exact) mass is 534 g/mol. The maximum Gasteiger partial charge on any atom is 0.262 e. The van der Waals surface area contributed by atoms with Gasteiger partial charge < -0.3 is 15.4 Å². The van der Waals surface area contributed by atoms with Crippen LogP contribution in [0.15, 0.2) is 48.8 Å². The highest BCUT2D eigenvalue weighted by atomic mass is 35.5. The van der Waals surface area contributed by atoms with Gasteiger partial charge in [-0.2, -0.15) is 5.26 Å². The van der Waals surface area contributed by atoms with E-state index in [2.05, 4.69) is 34.0 Å². The zero-order valence-electron chi connectivity index (χ0n) is 20.6. The van der Waals surface area contributed by atoms with Crippen LogP contribution in [-0.2, 0) is 6.54 Å². The Morgan fingerprint density at radius 3 is 2.73 bits per heavy atom. The van der Waals surface area contributed by atoms with Gasteiger partial charge in [0.25, 0.3) is 5.91 Å². The fourth-order valence-corrected chi connectivity index (χ4v) is 5.81. The maximum absolute atomic E-state index is 12.3. The molecular weight excluding hydrogens is 508 g/mol. The fourth-order valence-electron chi connectivity index (χ4n) is 4.51. The molecule has 5 rings (SSSR count). The number of likely N-dealkylation sites (N-methyl/N-ethyl adjacent to an activating group) is 1. The molecule has 1 atom stereocenters. The van der Waals surface area contributed by atoms with E-state index in [4.69, 9.17) is 22.1 Å². The van der Waals surface area contributed by atoms with Crippen LogP contribution in [0.5, 0.6) is 5.75 Å². The Hall–Kier alpha value is -3.42. The van der Waals surface area contributed by atoms with Crippen LogP contribution >= 0.6 is 22.9 Å².